The Morgan fingerprint density at radius 2 is 2.25 bits per heavy atom. The largest absolute Gasteiger partial charge is 0.481 e. The molecule has 2 heterocycles. The molecule has 0 aromatic carbocycles. The molecule has 3 N–H and O–H groups in total. The molecule has 2 saturated heterocycles. The molecule has 0 aliphatic carbocycles. The van der Waals surface area contributed by atoms with E-state index in [1.165, 1.54) is 4.90 Å². The highest BCUT2D eigenvalue weighted by molar-refractivity contribution is 5.88. The molecule has 112 valence electrons. The predicted octanol–water partition coefficient (Wildman–Crippen LogP) is -0.994. The molecule has 0 radical (unpaired) electrons. The number of carboxylic acid groups (broad SMARTS) is 1. The first-order valence-corrected chi connectivity index (χ1v) is 6.70. The van der Waals surface area contributed by atoms with Gasteiger partial charge in [0.05, 0.1) is 19.3 Å². The smallest absolute Gasteiger partial charge is 0.318 e. The summed E-state index contributed by atoms with van der Waals surface area (Å²) in [5.74, 6) is -1.90. The second kappa shape index (κ2) is 6.08. The molecule has 3 atom stereocenters. The van der Waals surface area contributed by atoms with E-state index in [2.05, 4.69) is 10.6 Å². The number of nitrogens with zero attached hydrogens (tertiary/aromatic N) is 1. The van der Waals surface area contributed by atoms with E-state index in [0.29, 0.717) is 19.5 Å². The van der Waals surface area contributed by atoms with Gasteiger partial charge < -0.3 is 25.4 Å². The van der Waals surface area contributed by atoms with Crippen molar-refractivity contribution in [1.82, 2.24) is 15.5 Å². The molecule has 0 saturated carbocycles. The molecule has 0 aromatic rings. The Kier molecular flexibility index (Phi) is 4.43. The van der Waals surface area contributed by atoms with Gasteiger partial charge in [-0.3, -0.25) is 9.59 Å². The van der Waals surface area contributed by atoms with E-state index >= 15 is 0 Å². The van der Waals surface area contributed by atoms with E-state index in [1.807, 2.05) is 6.92 Å². The molecule has 8 heteroatoms. The predicted molar refractivity (Wildman–Crippen MR) is 68.1 cm³/mol. The first-order valence-electron chi connectivity index (χ1n) is 6.70. The Labute approximate surface area is 116 Å². The van der Waals surface area contributed by atoms with Gasteiger partial charge in [-0.2, -0.15) is 0 Å². The minimum atomic E-state index is -0.990. The fourth-order valence-corrected chi connectivity index (χ4v) is 2.55. The number of aliphatic carboxylic acids is 1. The standard InChI is InChI=1S/C12H19N3O5/c1-2-9-10(16)13-3-4-15(9)12(19)14-8-6-20-5-7(8)11(17)18/h7-9H,2-6H2,1H3,(H,13,16)(H,14,19)(H,17,18). The Hall–Kier alpha value is -1.83. The maximum Gasteiger partial charge on any atom is 0.318 e. The van der Waals surface area contributed by atoms with Gasteiger partial charge in [0.1, 0.15) is 12.0 Å². The number of rotatable bonds is 3. The van der Waals surface area contributed by atoms with Gasteiger partial charge in [0.15, 0.2) is 0 Å². The van der Waals surface area contributed by atoms with Crippen LogP contribution in [0.2, 0.25) is 0 Å². The molecule has 8 nitrogen and oxygen atoms in total. The summed E-state index contributed by atoms with van der Waals surface area (Å²) in [5.41, 5.74) is 0. The molecule has 0 spiro atoms. The van der Waals surface area contributed by atoms with Gasteiger partial charge in [-0.05, 0) is 6.42 Å². The van der Waals surface area contributed by atoms with E-state index < -0.39 is 30.0 Å². The molecular formula is C12H19N3O5. The minimum absolute atomic E-state index is 0.0952. The van der Waals surface area contributed by atoms with Crippen LogP contribution in [0.3, 0.4) is 0 Å². The summed E-state index contributed by atoms with van der Waals surface area (Å²) in [4.78, 5) is 36.4. The molecule has 3 amide bonds. The molecule has 0 bridgehead atoms. The van der Waals surface area contributed by atoms with Crippen LogP contribution in [0, 0.1) is 5.92 Å². The number of carboxylic acids is 1. The summed E-state index contributed by atoms with van der Waals surface area (Å²) in [6, 6.07) is -1.47. The average Bonchev–Trinajstić information content (AvgIpc) is 2.86. The first-order chi connectivity index (χ1) is 9.54. The maximum absolute atomic E-state index is 12.2. The third-order valence-electron chi connectivity index (χ3n) is 3.68. The van der Waals surface area contributed by atoms with Crippen LogP contribution in [0.1, 0.15) is 13.3 Å². The number of hydrogen-bond acceptors (Lipinski definition) is 4. The second-order valence-corrected chi connectivity index (χ2v) is 4.95. The van der Waals surface area contributed by atoms with Crippen molar-refractivity contribution in [2.45, 2.75) is 25.4 Å². The number of urea groups is 1. The number of ether oxygens (including phenoxy) is 1. The zero-order valence-electron chi connectivity index (χ0n) is 11.3. The molecule has 2 rings (SSSR count). The average molecular weight is 285 g/mol. The van der Waals surface area contributed by atoms with Crippen molar-refractivity contribution >= 4 is 17.9 Å². The topological polar surface area (TPSA) is 108 Å². The lowest BCUT2D eigenvalue weighted by Crippen LogP contribution is -2.60. The number of piperazine rings is 1. The van der Waals surface area contributed by atoms with E-state index in [9.17, 15) is 14.4 Å². The Balaban J connectivity index is 2.00. The fourth-order valence-electron chi connectivity index (χ4n) is 2.55. The van der Waals surface area contributed by atoms with Crippen LogP contribution in [-0.2, 0) is 14.3 Å². The first kappa shape index (κ1) is 14.6. The molecule has 2 aliphatic rings. The zero-order chi connectivity index (χ0) is 14.7. The van der Waals surface area contributed by atoms with Gasteiger partial charge in [-0.25, -0.2) is 4.79 Å². The highest BCUT2D eigenvalue weighted by atomic mass is 16.5. The van der Waals surface area contributed by atoms with E-state index in [4.69, 9.17) is 9.84 Å². The summed E-state index contributed by atoms with van der Waals surface area (Å²) in [6.45, 7) is 2.93. The highest BCUT2D eigenvalue weighted by Gasteiger charge is 2.38. The van der Waals surface area contributed by atoms with E-state index in [0.717, 1.165) is 0 Å². The number of hydrogen-bond donors (Lipinski definition) is 3. The number of nitrogens with one attached hydrogen (secondary N) is 2. The van der Waals surface area contributed by atoms with Gasteiger partial charge in [0, 0.05) is 13.1 Å². The molecule has 2 aliphatic heterocycles. The van der Waals surface area contributed by atoms with Crippen LogP contribution in [-0.4, -0.2) is 66.3 Å². The van der Waals surface area contributed by atoms with Gasteiger partial charge >= 0.3 is 12.0 Å². The van der Waals surface area contributed by atoms with Crippen molar-refractivity contribution in [2.24, 2.45) is 5.92 Å². The van der Waals surface area contributed by atoms with Crippen LogP contribution in [0.5, 0.6) is 0 Å². The van der Waals surface area contributed by atoms with Gasteiger partial charge in [0.2, 0.25) is 5.91 Å². The quantitative estimate of drug-likeness (QED) is 0.617. The summed E-state index contributed by atoms with van der Waals surface area (Å²) in [6.07, 6.45) is 0.517. The Morgan fingerprint density at radius 3 is 2.90 bits per heavy atom. The van der Waals surface area contributed by atoms with Crippen molar-refractivity contribution in [1.29, 1.82) is 0 Å². The van der Waals surface area contributed by atoms with Crippen molar-refractivity contribution in [2.75, 3.05) is 26.3 Å². The Bertz CT molecular complexity index is 414. The third kappa shape index (κ3) is 2.84. The van der Waals surface area contributed by atoms with Crippen LogP contribution in [0.15, 0.2) is 0 Å². The minimum Gasteiger partial charge on any atom is -0.481 e. The third-order valence-corrected chi connectivity index (χ3v) is 3.68. The van der Waals surface area contributed by atoms with Crippen molar-refractivity contribution in [3.63, 3.8) is 0 Å². The SMILES string of the molecule is CCC1C(=O)NCCN1C(=O)NC1COCC1C(=O)O. The maximum atomic E-state index is 12.2. The molecule has 0 aromatic heterocycles. The summed E-state index contributed by atoms with van der Waals surface area (Å²) >= 11 is 0. The van der Waals surface area contributed by atoms with Gasteiger partial charge in [0.25, 0.3) is 0 Å². The molecular weight excluding hydrogens is 266 g/mol. The molecule has 2 fully saturated rings. The van der Waals surface area contributed by atoms with Gasteiger partial charge in [-0.1, -0.05) is 6.92 Å². The van der Waals surface area contributed by atoms with Crippen LogP contribution >= 0.6 is 0 Å². The van der Waals surface area contributed by atoms with Crippen LogP contribution in [0.4, 0.5) is 4.79 Å². The lowest BCUT2D eigenvalue weighted by Gasteiger charge is -2.35. The van der Waals surface area contributed by atoms with E-state index in [-0.39, 0.29) is 19.1 Å². The van der Waals surface area contributed by atoms with Gasteiger partial charge in [-0.15, -0.1) is 0 Å². The zero-order valence-corrected chi connectivity index (χ0v) is 11.3. The normalized spacial score (nSPS) is 29.9. The van der Waals surface area contributed by atoms with Crippen molar-refractivity contribution < 1.29 is 24.2 Å². The van der Waals surface area contributed by atoms with E-state index in [1.54, 1.807) is 0 Å². The molecule has 20 heavy (non-hydrogen) atoms. The highest BCUT2D eigenvalue weighted by Crippen LogP contribution is 2.15. The Morgan fingerprint density at radius 1 is 1.50 bits per heavy atom. The number of carbonyl (C=O) groups is 3. The number of carbonyl (C=O) groups excluding carboxylic acids is 2. The molecule has 3 unspecified atom stereocenters. The van der Waals surface area contributed by atoms with Crippen molar-refractivity contribution in [3.8, 4) is 0 Å². The van der Waals surface area contributed by atoms with Crippen LogP contribution < -0.4 is 10.6 Å². The number of amides is 3. The fraction of sp³-hybridized carbons (Fsp3) is 0.750. The summed E-state index contributed by atoms with van der Waals surface area (Å²) in [7, 11) is 0. The lowest BCUT2D eigenvalue weighted by molar-refractivity contribution is -0.142. The lowest BCUT2D eigenvalue weighted by atomic mass is 10.0. The summed E-state index contributed by atoms with van der Waals surface area (Å²) in [5, 5.41) is 14.4. The monoisotopic (exact) mass is 285 g/mol. The second-order valence-electron chi connectivity index (χ2n) is 4.95. The van der Waals surface area contributed by atoms with Crippen molar-refractivity contribution in [3.05, 3.63) is 0 Å². The van der Waals surface area contributed by atoms with Crippen LogP contribution in [0.25, 0.3) is 0 Å². The summed E-state index contributed by atoms with van der Waals surface area (Å²) < 4.78 is 5.10.